The summed E-state index contributed by atoms with van der Waals surface area (Å²) in [7, 11) is 0. The van der Waals surface area contributed by atoms with Crippen LogP contribution >= 0.6 is 0 Å². The molecule has 0 spiro atoms. The van der Waals surface area contributed by atoms with Gasteiger partial charge in [0.05, 0.1) is 12.7 Å². The molecule has 0 aromatic heterocycles. The van der Waals surface area contributed by atoms with Crippen molar-refractivity contribution in [3.8, 4) is 0 Å². The number of esters is 1. The fraction of sp³-hybridized carbons (Fsp3) is 0.200. The second-order valence-electron chi connectivity index (χ2n) is 3.38. The first-order valence-electron chi connectivity index (χ1n) is 5.56. The first-order valence-corrected chi connectivity index (χ1v) is 5.56. The van der Waals surface area contributed by atoms with Gasteiger partial charge in [0, 0.05) is 5.57 Å². The molecule has 0 fully saturated rings. The normalized spacial score (nSPS) is 9.00. The van der Waals surface area contributed by atoms with E-state index in [1.165, 1.54) is 6.08 Å². The number of carbonyl (C=O) groups is 1. The molecular formula is C15H16O2. The van der Waals surface area contributed by atoms with E-state index in [1.807, 2.05) is 30.3 Å². The maximum absolute atomic E-state index is 11.2. The molecule has 0 N–H and O–H groups in total. The summed E-state index contributed by atoms with van der Waals surface area (Å²) in [6.45, 7) is 5.85. The molecule has 0 bridgehead atoms. The van der Waals surface area contributed by atoms with E-state index < -0.39 is 0 Å². The van der Waals surface area contributed by atoms with E-state index in [9.17, 15) is 4.79 Å². The van der Waals surface area contributed by atoms with E-state index in [1.54, 1.807) is 13.0 Å². The average Bonchev–Trinajstić information content (AvgIpc) is 2.36. The minimum Gasteiger partial charge on any atom is -0.462 e. The van der Waals surface area contributed by atoms with Crippen LogP contribution in [0.4, 0.5) is 0 Å². The van der Waals surface area contributed by atoms with Gasteiger partial charge in [0.2, 0.25) is 0 Å². The molecule has 0 saturated carbocycles. The zero-order chi connectivity index (χ0) is 12.5. The Labute approximate surface area is 102 Å². The van der Waals surface area contributed by atoms with Crippen LogP contribution in [0.2, 0.25) is 0 Å². The van der Waals surface area contributed by atoms with Crippen molar-refractivity contribution in [1.82, 2.24) is 0 Å². The van der Waals surface area contributed by atoms with Crippen LogP contribution < -0.4 is 0 Å². The molecule has 88 valence electrons. The number of allylic oxidation sites excluding steroid dienone is 1. The van der Waals surface area contributed by atoms with Gasteiger partial charge in [-0.2, -0.15) is 0 Å². The average molecular weight is 228 g/mol. The van der Waals surface area contributed by atoms with E-state index >= 15 is 0 Å². The summed E-state index contributed by atoms with van der Waals surface area (Å²) >= 11 is 0. The maximum Gasteiger partial charge on any atom is 0.338 e. The molecule has 0 aliphatic rings. The molecule has 0 amide bonds. The van der Waals surface area contributed by atoms with Crippen LogP contribution in [-0.4, -0.2) is 12.6 Å². The van der Waals surface area contributed by atoms with E-state index in [0.29, 0.717) is 13.0 Å². The molecule has 0 unspecified atom stereocenters. The van der Waals surface area contributed by atoms with Gasteiger partial charge in [0.1, 0.15) is 0 Å². The fourth-order valence-corrected chi connectivity index (χ4v) is 1.37. The van der Waals surface area contributed by atoms with Crippen molar-refractivity contribution in [2.24, 2.45) is 0 Å². The third kappa shape index (κ3) is 4.54. The second kappa shape index (κ2) is 7.26. The van der Waals surface area contributed by atoms with Crippen molar-refractivity contribution in [1.29, 1.82) is 0 Å². The van der Waals surface area contributed by atoms with Crippen LogP contribution in [0.25, 0.3) is 5.57 Å². The first kappa shape index (κ1) is 13.0. The maximum atomic E-state index is 11.2. The molecule has 0 saturated heterocycles. The van der Waals surface area contributed by atoms with E-state index in [0.717, 1.165) is 11.1 Å². The lowest BCUT2D eigenvalue weighted by Gasteiger charge is -2.01. The summed E-state index contributed by atoms with van der Waals surface area (Å²) in [5.74, 6) is -0.370. The van der Waals surface area contributed by atoms with Crippen molar-refractivity contribution in [2.75, 3.05) is 6.61 Å². The molecule has 1 rings (SSSR count). The summed E-state index contributed by atoms with van der Waals surface area (Å²) in [4.78, 5) is 11.2. The highest BCUT2D eigenvalue weighted by atomic mass is 16.5. The van der Waals surface area contributed by atoms with Crippen LogP contribution in [0.15, 0.2) is 54.8 Å². The van der Waals surface area contributed by atoms with Crippen molar-refractivity contribution in [3.05, 3.63) is 60.4 Å². The van der Waals surface area contributed by atoms with Gasteiger partial charge in [0.25, 0.3) is 0 Å². The van der Waals surface area contributed by atoms with Gasteiger partial charge in [-0.1, -0.05) is 36.4 Å². The standard InChI is InChI=1S/C15H16O2/c1-3-8-13(11-12-15(16)17-4-2)14-9-6-5-7-10-14/h3,5-7,9-10,12H,1,4,8H2,2H3. The lowest BCUT2D eigenvalue weighted by atomic mass is 10.0. The number of benzene rings is 1. The molecule has 17 heavy (non-hydrogen) atoms. The smallest absolute Gasteiger partial charge is 0.338 e. The SMILES string of the molecule is C=CCC(=C=CC(=O)OCC)c1ccccc1. The zero-order valence-electron chi connectivity index (χ0n) is 9.98. The Morgan fingerprint density at radius 1 is 1.41 bits per heavy atom. The third-order valence-corrected chi connectivity index (χ3v) is 2.12. The molecule has 2 nitrogen and oxygen atoms in total. The molecule has 0 radical (unpaired) electrons. The Hall–Kier alpha value is -2.05. The predicted molar refractivity (Wildman–Crippen MR) is 69.4 cm³/mol. The fourth-order valence-electron chi connectivity index (χ4n) is 1.37. The predicted octanol–water partition coefficient (Wildman–Crippen LogP) is 3.36. The molecule has 1 aromatic rings. The summed E-state index contributed by atoms with van der Waals surface area (Å²) in [6, 6.07) is 9.80. The largest absolute Gasteiger partial charge is 0.462 e. The van der Waals surface area contributed by atoms with Gasteiger partial charge in [-0.25, -0.2) is 4.79 Å². The summed E-state index contributed by atoms with van der Waals surface area (Å²) in [5.41, 5.74) is 4.93. The van der Waals surface area contributed by atoms with Crippen molar-refractivity contribution >= 4 is 11.5 Å². The Bertz CT molecular complexity index is 437. The summed E-state index contributed by atoms with van der Waals surface area (Å²) in [5, 5.41) is 0. The van der Waals surface area contributed by atoms with Crippen molar-refractivity contribution in [3.63, 3.8) is 0 Å². The lowest BCUT2D eigenvalue weighted by molar-refractivity contribution is -0.137. The number of hydrogen-bond acceptors (Lipinski definition) is 2. The van der Waals surface area contributed by atoms with Crippen LogP contribution in [0.5, 0.6) is 0 Å². The molecule has 0 aliphatic carbocycles. The monoisotopic (exact) mass is 228 g/mol. The Balaban J connectivity index is 2.97. The second-order valence-corrected chi connectivity index (χ2v) is 3.38. The van der Waals surface area contributed by atoms with Gasteiger partial charge < -0.3 is 4.74 Å². The third-order valence-electron chi connectivity index (χ3n) is 2.12. The molecule has 0 heterocycles. The minimum atomic E-state index is -0.370. The van der Waals surface area contributed by atoms with Gasteiger partial charge >= 0.3 is 5.97 Å². The summed E-state index contributed by atoms with van der Waals surface area (Å²) in [6.07, 6.45) is 3.78. The molecular weight excluding hydrogens is 212 g/mol. The topological polar surface area (TPSA) is 26.3 Å². The Morgan fingerprint density at radius 2 is 2.12 bits per heavy atom. The number of hydrogen-bond donors (Lipinski definition) is 0. The molecule has 0 atom stereocenters. The highest BCUT2D eigenvalue weighted by Crippen LogP contribution is 2.16. The highest BCUT2D eigenvalue weighted by molar-refractivity contribution is 5.83. The zero-order valence-corrected chi connectivity index (χ0v) is 9.98. The van der Waals surface area contributed by atoms with Gasteiger partial charge in [0.15, 0.2) is 0 Å². The van der Waals surface area contributed by atoms with Crippen LogP contribution in [0, 0.1) is 0 Å². The quantitative estimate of drug-likeness (QED) is 0.334. The molecule has 0 aliphatic heterocycles. The van der Waals surface area contributed by atoms with E-state index in [2.05, 4.69) is 12.3 Å². The first-order chi connectivity index (χ1) is 8.27. The van der Waals surface area contributed by atoms with Crippen LogP contribution in [-0.2, 0) is 9.53 Å². The van der Waals surface area contributed by atoms with Crippen LogP contribution in [0.3, 0.4) is 0 Å². The number of ether oxygens (including phenoxy) is 1. The molecule has 2 heteroatoms. The number of carbonyl (C=O) groups excluding carboxylic acids is 1. The minimum absolute atomic E-state index is 0.370. The van der Waals surface area contributed by atoms with Gasteiger partial charge in [-0.15, -0.1) is 12.3 Å². The van der Waals surface area contributed by atoms with E-state index in [4.69, 9.17) is 4.74 Å². The van der Waals surface area contributed by atoms with Crippen molar-refractivity contribution in [2.45, 2.75) is 13.3 Å². The summed E-state index contributed by atoms with van der Waals surface area (Å²) < 4.78 is 4.81. The van der Waals surface area contributed by atoms with Crippen LogP contribution in [0.1, 0.15) is 18.9 Å². The van der Waals surface area contributed by atoms with Crippen molar-refractivity contribution < 1.29 is 9.53 Å². The van der Waals surface area contributed by atoms with E-state index in [-0.39, 0.29) is 5.97 Å². The highest BCUT2D eigenvalue weighted by Gasteiger charge is 1.98. The van der Waals surface area contributed by atoms with Gasteiger partial charge in [-0.05, 0) is 18.9 Å². The lowest BCUT2D eigenvalue weighted by Crippen LogP contribution is -1.98. The van der Waals surface area contributed by atoms with Gasteiger partial charge in [-0.3, -0.25) is 0 Å². The Kier molecular flexibility index (Phi) is 5.56. The molecule has 1 aromatic carbocycles. The Morgan fingerprint density at radius 3 is 2.71 bits per heavy atom. The number of rotatable bonds is 5.